The highest BCUT2D eigenvalue weighted by atomic mass is 19.1. The van der Waals surface area contributed by atoms with E-state index in [1.54, 1.807) is 16.8 Å². The van der Waals surface area contributed by atoms with E-state index in [9.17, 15) is 4.39 Å². The first-order chi connectivity index (χ1) is 14.8. The summed E-state index contributed by atoms with van der Waals surface area (Å²) < 4.78 is 18.7. The minimum Gasteiger partial charge on any atom is -0.326 e. The number of rotatable bonds is 4. The molecule has 0 amide bonds. The molecular formula is C23H26FN7. The van der Waals surface area contributed by atoms with Crippen molar-refractivity contribution < 1.29 is 4.39 Å². The molecular weight excluding hydrogens is 393 g/mol. The second-order valence-electron chi connectivity index (χ2n) is 8.77. The Bertz CT molecular complexity index is 1320. The summed E-state index contributed by atoms with van der Waals surface area (Å²) in [5.41, 5.74) is 4.80. The van der Waals surface area contributed by atoms with Gasteiger partial charge in [-0.2, -0.15) is 0 Å². The Morgan fingerprint density at radius 1 is 1.19 bits per heavy atom. The fourth-order valence-corrected chi connectivity index (χ4v) is 4.34. The molecule has 3 aromatic heterocycles. The van der Waals surface area contributed by atoms with Crippen LogP contribution in [-0.4, -0.2) is 54.9 Å². The lowest BCUT2D eigenvalue weighted by atomic mass is 9.89. The number of nitrogens with zero attached hydrogens (tertiary/aromatic N) is 7. The molecule has 0 radical (unpaired) electrons. The number of hydrogen-bond donors (Lipinski definition) is 0. The molecule has 0 saturated heterocycles. The smallest absolute Gasteiger partial charge is 0.267 e. The van der Waals surface area contributed by atoms with E-state index in [-0.39, 0.29) is 11.9 Å². The molecule has 1 aliphatic rings. The van der Waals surface area contributed by atoms with Crippen LogP contribution in [0.5, 0.6) is 0 Å². The van der Waals surface area contributed by atoms with Crippen LogP contribution >= 0.6 is 0 Å². The monoisotopic (exact) mass is 419 g/mol. The van der Waals surface area contributed by atoms with E-state index in [0.717, 1.165) is 46.5 Å². The van der Waals surface area contributed by atoms with Gasteiger partial charge in [-0.3, -0.25) is 0 Å². The maximum absolute atomic E-state index is 14.9. The predicted molar refractivity (Wildman–Crippen MR) is 121 cm³/mol. The number of imidazole rings is 1. The summed E-state index contributed by atoms with van der Waals surface area (Å²) in [5.74, 6) is 0.943. The number of halogens is 1. The van der Waals surface area contributed by atoms with Crippen LogP contribution in [0.15, 0.2) is 35.6 Å². The van der Waals surface area contributed by atoms with Crippen molar-refractivity contribution in [3.05, 3.63) is 42.2 Å². The zero-order chi connectivity index (χ0) is 21.9. The van der Waals surface area contributed by atoms with Crippen molar-refractivity contribution in [2.75, 3.05) is 14.1 Å². The third kappa shape index (κ3) is 3.31. The zero-order valence-corrected chi connectivity index (χ0v) is 18.5. The highest BCUT2D eigenvalue weighted by molar-refractivity contribution is 5.93. The van der Waals surface area contributed by atoms with Gasteiger partial charge in [-0.15, -0.1) is 5.10 Å². The SMILES string of the molecule is Cc1nc2c(F)cc(-c3ccn4nc(N=C5CC(N(C)C)C5)ncc34)cc2n1C(C)C. The Balaban J connectivity index is 1.53. The summed E-state index contributed by atoms with van der Waals surface area (Å²) in [6.45, 7) is 6.06. The van der Waals surface area contributed by atoms with Crippen LogP contribution in [0.3, 0.4) is 0 Å². The van der Waals surface area contributed by atoms with E-state index >= 15 is 0 Å². The van der Waals surface area contributed by atoms with E-state index in [4.69, 9.17) is 0 Å². The molecule has 31 heavy (non-hydrogen) atoms. The molecule has 8 heteroatoms. The summed E-state index contributed by atoms with van der Waals surface area (Å²) in [6, 6.07) is 6.22. The van der Waals surface area contributed by atoms with Crippen molar-refractivity contribution >= 4 is 28.2 Å². The number of aliphatic imine (C=N–C) groups is 1. The quantitative estimate of drug-likeness (QED) is 0.486. The topological polar surface area (TPSA) is 63.6 Å². The van der Waals surface area contributed by atoms with Gasteiger partial charge in [-0.25, -0.2) is 23.9 Å². The molecule has 0 atom stereocenters. The molecule has 1 aliphatic carbocycles. The third-order valence-electron chi connectivity index (χ3n) is 6.09. The van der Waals surface area contributed by atoms with Crippen LogP contribution in [0.2, 0.25) is 0 Å². The van der Waals surface area contributed by atoms with Crippen LogP contribution in [0.4, 0.5) is 10.3 Å². The molecule has 0 unspecified atom stereocenters. The van der Waals surface area contributed by atoms with Crippen molar-refractivity contribution in [2.24, 2.45) is 4.99 Å². The van der Waals surface area contributed by atoms with Gasteiger partial charge in [0, 0.05) is 42.4 Å². The Kier molecular flexibility index (Phi) is 4.62. The summed E-state index contributed by atoms with van der Waals surface area (Å²) in [5, 5.41) is 4.54. The molecule has 7 nitrogen and oxygen atoms in total. The standard InChI is InChI=1S/C23H26FN7/c1-13(2)31-14(3)26-22-19(24)8-15(9-20(22)31)18-6-7-30-21(18)12-25-23(28-30)27-16-10-17(11-16)29(4)5/h6-9,12-13,17H,10-11H2,1-5H3. The Morgan fingerprint density at radius 3 is 2.68 bits per heavy atom. The van der Waals surface area contributed by atoms with Gasteiger partial charge in [-0.1, -0.05) is 0 Å². The number of hydrogen-bond acceptors (Lipinski definition) is 5. The van der Waals surface area contributed by atoms with Gasteiger partial charge >= 0.3 is 0 Å². The van der Waals surface area contributed by atoms with Gasteiger partial charge in [0.05, 0.1) is 17.2 Å². The fourth-order valence-electron chi connectivity index (χ4n) is 4.34. The first kappa shape index (κ1) is 19.8. The van der Waals surface area contributed by atoms with Gasteiger partial charge in [0.1, 0.15) is 11.3 Å². The number of aromatic nitrogens is 5. The van der Waals surface area contributed by atoms with E-state index in [0.29, 0.717) is 17.5 Å². The summed E-state index contributed by atoms with van der Waals surface area (Å²) >= 11 is 0. The van der Waals surface area contributed by atoms with Gasteiger partial charge in [0.15, 0.2) is 5.82 Å². The van der Waals surface area contributed by atoms with Gasteiger partial charge in [-0.05, 0) is 58.6 Å². The lowest BCUT2D eigenvalue weighted by Gasteiger charge is -2.33. The van der Waals surface area contributed by atoms with Crippen molar-refractivity contribution in [1.29, 1.82) is 0 Å². The molecule has 4 aromatic rings. The van der Waals surface area contributed by atoms with Gasteiger partial charge < -0.3 is 9.47 Å². The molecule has 1 aromatic carbocycles. The normalized spacial score (nSPS) is 16.6. The molecule has 0 spiro atoms. The maximum atomic E-state index is 14.9. The molecule has 1 fully saturated rings. The van der Waals surface area contributed by atoms with E-state index in [1.165, 1.54) is 0 Å². The van der Waals surface area contributed by atoms with Crippen LogP contribution in [-0.2, 0) is 0 Å². The van der Waals surface area contributed by atoms with Crippen molar-refractivity contribution in [2.45, 2.75) is 45.7 Å². The van der Waals surface area contributed by atoms with Crippen LogP contribution in [0.1, 0.15) is 38.6 Å². The summed E-state index contributed by atoms with van der Waals surface area (Å²) in [6.07, 6.45) is 5.53. The van der Waals surface area contributed by atoms with Crippen molar-refractivity contribution in [1.82, 2.24) is 29.0 Å². The minimum absolute atomic E-state index is 0.189. The Labute approximate surface area is 180 Å². The predicted octanol–water partition coefficient (Wildman–Crippen LogP) is 4.57. The van der Waals surface area contributed by atoms with Crippen molar-refractivity contribution in [3.8, 4) is 11.1 Å². The lowest BCUT2D eigenvalue weighted by Crippen LogP contribution is -2.40. The van der Waals surface area contributed by atoms with Crippen molar-refractivity contribution in [3.63, 3.8) is 0 Å². The molecule has 1 saturated carbocycles. The molecule has 5 rings (SSSR count). The first-order valence-corrected chi connectivity index (χ1v) is 10.6. The molecule has 0 N–H and O–H groups in total. The van der Waals surface area contributed by atoms with E-state index in [2.05, 4.69) is 57.5 Å². The largest absolute Gasteiger partial charge is 0.326 e. The number of fused-ring (bicyclic) bond motifs is 2. The second-order valence-corrected chi connectivity index (χ2v) is 8.77. The first-order valence-electron chi connectivity index (χ1n) is 10.6. The molecule has 160 valence electrons. The van der Waals surface area contributed by atoms with E-state index < -0.39 is 0 Å². The average molecular weight is 420 g/mol. The molecule has 0 bridgehead atoms. The van der Waals surface area contributed by atoms with Crippen LogP contribution in [0, 0.1) is 12.7 Å². The lowest BCUT2D eigenvalue weighted by molar-refractivity contribution is 0.279. The fraction of sp³-hybridized carbons (Fsp3) is 0.391. The summed E-state index contributed by atoms with van der Waals surface area (Å²) in [4.78, 5) is 15.7. The number of aryl methyl sites for hydroxylation is 1. The van der Waals surface area contributed by atoms with Crippen LogP contribution in [0.25, 0.3) is 27.7 Å². The Morgan fingerprint density at radius 2 is 1.97 bits per heavy atom. The molecule has 0 aliphatic heterocycles. The Hall–Kier alpha value is -3.13. The van der Waals surface area contributed by atoms with Gasteiger partial charge in [0.25, 0.3) is 5.95 Å². The second kappa shape index (κ2) is 7.23. The molecule has 3 heterocycles. The average Bonchev–Trinajstić information content (AvgIpc) is 3.24. The summed E-state index contributed by atoms with van der Waals surface area (Å²) in [7, 11) is 4.17. The highest BCUT2D eigenvalue weighted by Crippen LogP contribution is 2.32. The minimum atomic E-state index is -0.321. The zero-order valence-electron chi connectivity index (χ0n) is 18.5. The highest BCUT2D eigenvalue weighted by Gasteiger charge is 2.26. The van der Waals surface area contributed by atoms with E-state index in [1.807, 2.05) is 25.3 Å². The van der Waals surface area contributed by atoms with Crippen LogP contribution < -0.4 is 0 Å². The third-order valence-corrected chi connectivity index (χ3v) is 6.09. The van der Waals surface area contributed by atoms with Gasteiger partial charge in [0.2, 0.25) is 0 Å². The number of benzene rings is 1. The maximum Gasteiger partial charge on any atom is 0.267 e.